The highest BCUT2D eigenvalue weighted by molar-refractivity contribution is 7.99. The lowest BCUT2D eigenvalue weighted by Gasteiger charge is -2.33. The van der Waals surface area contributed by atoms with Gasteiger partial charge in [-0.25, -0.2) is 14.8 Å². The maximum absolute atomic E-state index is 13.3. The first kappa shape index (κ1) is 25.3. The van der Waals surface area contributed by atoms with Crippen molar-refractivity contribution in [2.75, 3.05) is 60.3 Å². The highest BCUT2D eigenvalue weighted by Gasteiger charge is 2.28. The van der Waals surface area contributed by atoms with E-state index in [4.69, 9.17) is 4.98 Å². The second-order valence-electron chi connectivity index (χ2n) is 9.89. The number of pyridine rings is 2. The van der Waals surface area contributed by atoms with Crippen LogP contribution in [0.1, 0.15) is 35.2 Å². The highest BCUT2D eigenvalue weighted by atomic mass is 32.2. The standard InChI is InChI=1S/C26H32N8O2S/c1-17-19(14-33-8-7-32(2)15-24(33)35)10-18-4-3-6-34(25(18)29-17)26(36)31-23-11-22(20(12-27)13-28-23)30-21-5-9-37-16-21/h10-11,13,21H,3-9,14-16H2,1-2H3,(H2,28,30,31,36). The number of hydrogen-bond acceptors (Lipinski definition) is 8. The first-order valence-corrected chi connectivity index (χ1v) is 13.9. The summed E-state index contributed by atoms with van der Waals surface area (Å²) in [7, 11) is 1.96. The van der Waals surface area contributed by atoms with Crippen LogP contribution in [-0.2, 0) is 17.8 Å². The lowest BCUT2D eigenvalue weighted by Crippen LogP contribution is -2.48. The Morgan fingerprint density at radius 3 is 2.92 bits per heavy atom. The predicted molar refractivity (Wildman–Crippen MR) is 145 cm³/mol. The van der Waals surface area contributed by atoms with E-state index < -0.39 is 0 Å². The zero-order valence-electron chi connectivity index (χ0n) is 21.3. The van der Waals surface area contributed by atoms with Crippen LogP contribution in [0.25, 0.3) is 0 Å². The Morgan fingerprint density at radius 2 is 2.16 bits per heavy atom. The molecule has 11 heteroatoms. The third-order valence-electron chi connectivity index (χ3n) is 7.12. The molecule has 2 aromatic heterocycles. The van der Waals surface area contributed by atoms with E-state index in [0.717, 1.165) is 54.1 Å². The quantitative estimate of drug-likeness (QED) is 0.618. The maximum Gasteiger partial charge on any atom is 0.328 e. The monoisotopic (exact) mass is 520 g/mol. The molecule has 2 saturated heterocycles. The second kappa shape index (κ2) is 10.9. The van der Waals surface area contributed by atoms with Gasteiger partial charge in [-0.15, -0.1) is 0 Å². The van der Waals surface area contributed by atoms with Crippen molar-refractivity contribution in [3.63, 3.8) is 0 Å². The SMILES string of the molecule is Cc1nc2c(cc1CN1CCN(C)CC1=O)CCCN2C(=O)Nc1cc(NC2CCSC2)c(C#N)cn1. The number of nitrogens with one attached hydrogen (secondary N) is 2. The molecule has 5 rings (SSSR count). The number of thioether (sulfide) groups is 1. The van der Waals surface area contributed by atoms with Gasteiger partial charge in [0, 0.05) is 55.9 Å². The molecule has 0 radical (unpaired) electrons. The van der Waals surface area contributed by atoms with Crippen LogP contribution >= 0.6 is 11.8 Å². The zero-order chi connectivity index (χ0) is 25.9. The molecule has 3 aliphatic heterocycles. The Morgan fingerprint density at radius 1 is 1.30 bits per heavy atom. The summed E-state index contributed by atoms with van der Waals surface area (Å²) in [5.41, 5.74) is 4.01. The van der Waals surface area contributed by atoms with Crippen LogP contribution in [0.15, 0.2) is 18.3 Å². The normalized spacial score (nSPS) is 19.9. The van der Waals surface area contributed by atoms with Crippen LogP contribution in [0.3, 0.4) is 0 Å². The van der Waals surface area contributed by atoms with E-state index in [2.05, 4.69) is 27.8 Å². The first-order chi connectivity index (χ1) is 17.9. The van der Waals surface area contributed by atoms with Crippen molar-refractivity contribution in [2.45, 2.75) is 38.8 Å². The largest absolute Gasteiger partial charge is 0.380 e. The van der Waals surface area contributed by atoms with Crippen LogP contribution in [0.2, 0.25) is 0 Å². The molecule has 0 spiro atoms. The van der Waals surface area contributed by atoms with E-state index >= 15 is 0 Å². The van der Waals surface area contributed by atoms with E-state index in [1.807, 2.05) is 35.5 Å². The van der Waals surface area contributed by atoms with Crippen LogP contribution < -0.4 is 15.5 Å². The van der Waals surface area contributed by atoms with Gasteiger partial charge in [-0.3, -0.25) is 19.9 Å². The summed E-state index contributed by atoms with van der Waals surface area (Å²) in [5, 5.41) is 15.8. The molecular weight excluding hydrogens is 488 g/mol. The molecule has 10 nitrogen and oxygen atoms in total. The van der Waals surface area contributed by atoms with E-state index in [0.29, 0.717) is 55.1 Å². The van der Waals surface area contributed by atoms with Gasteiger partial charge in [0.25, 0.3) is 0 Å². The average molecular weight is 521 g/mol. The molecule has 1 atom stereocenters. The Labute approximate surface area is 221 Å². The summed E-state index contributed by atoms with van der Waals surface area (Å²) in [6.07, 6.45) is 4.20. The van der Waals surface area contributed by atoms with Crippen molar-refractivity contribution in [3.05, 3.63) is 40.7 Å². The van der Waals surface area contributed by atoms with E-state index in [1.165, 1.54) is 6.20 Å². The van der Waals surface area contributed by atoms with Crippen LogP contribution in [0.5, 0.6) is 0 Å². The Bertz CT molecular complexity index is 1240. The smallest absolute Gasteiger partial charge is 0.328 e. The summed E-state index contributed by atoms with van der Waals surface area (Å²) < 4.78 is 0. The molecule has 0 aliphatic carbocycles. The number of rotatable bonds is 5. The molecule has 2 aromatic rings. The topological polar surface area (TPSA) is 117 Å². The molecule has 194 valence electrons. The highest BCUT2D eigenvalue weighted by Crippen LogP contribution is 2.29. The number of carbonyl (C=O) groups excluding carboxylic acids is 2. The van der Waals surface area contributed by atoms with Gasteiger partial charge >= 0.3 is 6.03 Å². The van der Waals surface area contributed by atoms with Crippen LogP contribution in [0, 0.1) is 18.3 Å². The van der Waals surface area contributed by atoms with Crippen molar-refractivity contribution >= 4 is 41.0 Å². The number of aromatic nitrogens is 2. The third-order valence-corrected chi connectivity index (χ3v) is 8.28. The van der Waals surface area contributed by atoms with Gasteiger partial charge in [0.15, 0.2) is 0 Å². The third kappa shape index (κ3) is 5.65. The van der Waals surface area contributed by atoms with Gasteiger partial charge in [-0.2, -0.15) is 17.0 Å². The number of nitrogens with zero attached hydrogens (tertiary/aromatic N) is 6. The summed E-state index contributed by atoms with van der Waals surface area (Å²) in [6, 6.07) is 6.03. The van der Waals surface area contributed by atoms with Gasteiger partial charge in [-0.1, -0.05) is 0 Å². The number of fused-ring (bicyclic) bond motifs is 1. The van der Waals surface area contributed by atoms with Crippen molar-refractivity contribution < 1.29 is 9.59 Å². The van der Waals surface area contributed by atoms with Crippen molar-refractivity contribution in [2.24, 2.45) is 0 Å². The zero-order valence-corrected chi connectivity index (χ0v) is 22.1. The fourth-order valence-electron chi connectivity index (χ4n) is 4.97. The van der Waals surface area contributed by atoms with E-state index in [1.54, 1.807) is 11.0 Å². The van der Waals surface area contributed by atoms with Gasteiger partial charge < -0.3 is 10.2 Å². The average Bonchev–Trinajstić information content (AvgIpc) is 3.39. The Hall–Kier alpha value is -3.36. The van der Waals surface area contributed by atoms with Gasteiger partial charge in [0.1, 0.15) is 17.7 Å². The number of hydrogen-bond donors (Lipinski definition) is 2. The number of aryl methyl sites for hydroxylation is 2. The molecule has 2 fully saturated rings. The maximum atomic E-state index is 13.3. The van der Waals surface area contributed by atoms with Gasteiger partial charge in [-0.05, 0) is 56.2 Å². The fraction of sp³-hybridized carbons (Fsp3) is 0.500. The van der Waals surface area contributed by atoms with Gasteiger partial charge in [0.2, 0.25) is 5.91 Å². The summed E-state index contributed by atoms with van der Waals surface area (Å²) in [5.74, 6) is 3.27. The number of likely N-dealkylation sites (N-methyl/N-ethyl adjacent to an activating group) is 1. The van der Waals surface area contributed by atoms with Crippen LogP contribution in [0.4, 0.5) is 22.1 Å². The lowest BCUT2D eigenvalue weighted by molar-refractivity contribution is -0.136. The molecule has 5 heterocycles. The molecule has 3 aliphatic rings. The molecule has 1 unspecified atom stereocenters. The molecule has 0 saturated carbocycles. The van der Waals surface area contributed by atoms with Crippen molar-refractivity contribution in [1.29, 1.82) is 5.26 Å². The number of urea groups is 1. The van der Waals surface area contributed by atoms with E-state index in [-0.39, 0.29) is 11.9 Å². The minimum Gasteiger partial charge on any atom is -0.380 e. The minimum atomic E-state index is -0.297. The number of nitriles is 1. The van der Waals surface area contributed by atoms with Crippen LogP contribution in [-0.4, -0.2) is 82.5 Å². The first-order valence-electron chi connectivity index (χ1n) is 12.7. The molecule has 3 amide bonds. The lowest BCUT2D eigenvalue weighted by atomic mass is 10.0. The predicted octanol–water partition coefficient (Wildman–Crippen LogP) is 2.83. The Kier molecular flexibility index (Phi) is 7.48. The van der Waals surface area contributed by atoms with E-state index in [9.17, 15) is 14.9 Å². The number of amides is 3. The van der Waals surface area contributed by atoms with Crippen molar-refractivity contribution in [1.82, 2.24) is 19.8 Å². The number of anilines is 3. The van der Waals surface area contributed by atoms with Crippen molar-refractivity contribution in [3.8, 4) is 6.07 Å². The molecular formula is C26H32N8O2S. The number of piperazine rings is 1. The summed E-state index contributed by atoms with van der Waals surface area (Å²) >= 11 is 1.89. The summed E-state index contributed by atoms with van der Waals surface area (Å²) in [4.78, 5) is 40.5. The molecule has 37 heavy (non-hydrogen) atoms. The summed E-state index contributed by atoms with van der Waals surface area (Å²) in [6.45, 7) is 5.03. The molecule has 0 bridgehead atoms. The molecule has 2 N–H and O–H groups in total. The Balaban J connectivity index is 1.31. The number of carbonyl (C=O) groups is 2. The fourth-order valence-corrected chi connectivity index (χ4v) is 6.12. The second-order valence-corrected chi connectivity index (χ2v) is 11.0. The minimum absolute atomic E-state index is 0.127. The van der Waals surface area contributed by atoms with Gasteiger partial charge in [0.05, 0.1) is 17.8 Å². The molecule has 0 aromatic carbocycles.